The smallest absolute Gasteiger partial charge is 0.271 e. The number of carbonyl (C=O) groups excluding carboxylic acids is 2. The Kier molecular flexibility index (Phi) is 6.99. The second-order valence-corrected chi connectivity index (χ2v) is 10.4. The second kappa shape index (κ2) is 9.72. The highest BCUT2D eigenvalue weighted by atomic mass is 32.2. The fourth-order valence-electron chi connectivity index (χ4n) is 4.96. The SMILES string of the molecule is CCCSCCCN1C(=O)c2cc3occc3n2C[C@]1(C)C(=O)NC1CCCCCC1. The van der Waals surface area contributed by atoms with Crippen LogP contribution < -0.4 is 5.32 Å². The first-order valence-electron chi connectivity index (χ1n) is 11.8. The number of nitrogens with one attached hydrogen (secondary N) is 1. The van der Waals surface area contributed by atoms with Gasteiger partial charge in [0.1, 0.15) is 11.2 Å². The van der Waals surface area contributed by atoms with Crippen LogP contribution in [0.25, 0.3) is 11.1 Å². The van der Waals surface area contributed by atoms with E-state index in [0.717, 1.165) is 55.5 Å². The Morgan fingerprint density at radius 2 is 2.03 bits per heavy atom. The molecule has 1 aliphatic carbocycles. The Balaban J connectivity index is 1.58. The van der Waals surface area contributed by atoms with Crippen molar-refractivity contribution >= 4 is 34.7 Å². The molecule has 2 amide bonds. The third-order valence-corrected chi connectivity index (χ3v) is 8.02. The number of fused-ring (bicyclic) bond motifs is 3. The van der Waals surface area contributed by atoms with Crippen molar-refractivity contribution in [3.8, 4) is 0 Å². The van der Waals surface area contributed by atoms with Gasteiger partial charge in [0.2, 0.25) is 5.91 Å². The Bertz CT molecular complexity index is 912. The first-order chi connectivity index (χ1) is 15.0. The summed E-state index contributed by atoms with van der Waals surface area (Å²) in [6, 6.07) is 3.91. The zero-order valence-electron chi connectivity index (χ0n) is 18.8. The van der Waals surface area contributed by atoms with Crippen LogP contribution in [0.1, 0.15) is 75.7 Å². The average molecular weight is 446 g/mol. The molecule has 2 aliphatic rings. The lowest BCUT2D eigenvalue weighted by Crippen LogP contribution is -2.65. The minimum absolute atomic E-state index is 0.0232. The van der Waals surface area contributed by atoms with Crippen molar-refractivity contribution in [2.24, 2.45) is 0 Å². The summed E-state index contributed by atoms with van der Waals surface area (Å²) in [5.74, 6) is 2.04. The van der Waals surface area contributed by atoms with Crippen LogP contribution in [-0.4, -0.2) is 50.9 Å². The molecular formula is C24H35N3O3S. The molecule has 31 heavy (non-hydrogen) atoms. The van der Waals surface area contributed by atoms with E-state index >= 15 is 0 Å². The van der Waals surface area contributed by atoms with E-state index in [1.807, 2.05) is 40.3 Å². The summed E-state index contributed by atoms with van der Waals surface area (Å²) >= 11 is 1.91. The van der Waals surface area contributed by atoms with Gasteiger partial charge in [-0.25, -0.2) is 0 Å². The lowest BCUT2D eigenvalue weighted by Gasteiger charge is -2.44. The molecule has 4 rings (SSSR count). The third kappa shape index (κ3) is 4.52. The van der Waals surface area contributed by atoms with Gasteiger partial charge in [0.05, 0.1) is 18.3 Å². The maximum Gasteiger partial charge on any atom is 0.271 e. The average Bonchev–Trinajstić information content (AvgIpc) is 3.24. The molecule has 1 N–H and O–H groups in total. The van der Waals surface area contributed by atoms with Crippen molar-refractivity contribution in [3.05, 3.63) is 24.1 Å². The van der Waals surface area contributed by atoms with Gasteiger partial charge >= 0.3 is 0 Å². The molecule has 1 saturated carbocycles. The van der Waals surface area contributed by atoms with Crippen LogP contribution >= 0.6 is 11.8 Å². The van der Waals surface area contributed by atoms with E-state index in [0.29, 0.717) is 24.4 Å². The molecule has 0 radical (unpaired) electrons. The number of aromatic nitrogens is 1. The molecule has 1 fully saturated rings. The topological polar surface area (TPSA) is 67.5 Å². The molecular weight excluding hydrogens is 410 g/mol. The Morgan fingerprint density at radius 1 is 1.26 bits per heavy atom. The van der Waals surface area contributed by atoms with Gasteiger partial charge in [-0.2, -0.15) is 11.8 Å². The summed E-state index contributed by atoms with van der Waals surface area (Å²) in [4.78, 5) is 29.0. The van der Waals surface area contributed by atoms with Gasteiger partial charge in [-0.3, -0.25) is 9.59 Å². The van der Waals surface area contributed by atoms with Gasteiger partial charge in [0.15, 0.2) is 5.58 Å². The van der Waals surface area contributed by atoms with Crippen LogP contribution in [0, 0.1) is 0 Å². The van der Waals surface area contributed by atoms with Crippen LogP contribution in [-0.2, 0) is 11.3 Å². The minimum Gasteiger partial charge on any atom is -0.463 e. The van der Waals surface area contributed by atoms with Crippen LogP contribution in [0.3, 0.4) is 0 Å². The number of carbonyl (C=O) groups is 2. The van der Waals surface area contributed by atoms with Crippen molar-refractivity contribution in [3.63, 3.8) is 0 Å². The highest BCUT2D eigenvalue weighted by Gasteiger charge is 2.48. The van der Waals surface area contributed by atoms with E-state index in [2.05, 4.69) is 12.2 Å². The number of rotatable bonds is 8. The Labute approximate surface area is 189 Å². The van der Waals surface area contributed by atoms with Gasteiger partial charge in [-0.05, 0) is 44.1 Å². The van der Waals surface area contributed by atoms with E-state index in [1.165, 1.54) is 12.8 Å². The number of furan rings is 1. The molecule has 170 valence electrons. The third-order valence-electron chi connectivity index (χ3n) is 6.75. The van der Waals surface area contributed by atoms with Gasteiger partial charge in [-0.1, -0.05) is 32.6 Å². The van der Waals surface area contributed by atoms with Crippen LogP contribution in [0.15, 0.2) is 22.8 Å². The molecule has 1 aliphatic heterocycles. The molecule has 0 aromatic carbocycles. The van der Waals surface area contributed by atoms with Crippen LogP contribution in [0.4, 0.5) is 0 Å². The lowest BCUT2D eigenvalue weighted by atomic mass is 9.93. The maximum absolute atomic E-state index is 13.7. The maximum atomic E-state index is 13.7. The predicted molar refractivity (Wildman–Crippen MR) is 126 cm³/mol. The predicted octanol–water partition coefficient (Wildman–Crippen LogP) is 4.82. The van der Waals surface area contributed by atoms with Gasteiger partial charge in [0, 0.05) is 24.7 Å². The Morgan fingerprint density at radius 3 is 2.77 bits per heavy atom. The van der Waals surface area contributed by atoms with E-state index in [4.69, 9.17) is 4.42 Å². The summed E-state index contributed by atoms with van der Waals surface area (Å²) in [7, 11) is 0. The summed E-state index contributed by atoms with van der Waals surface area (Å²) in [5.41, 5.74) is 1.30. The van der Waals surface area contributed by atoms with Crippen molar-refractivity contribution in [1.29, 1.82) is 0 Å². The molecule has 6 nitrogen and oxygen atoms in total. The summed E-state index contributed by atoms with van der Waals surface area (Å²) in [6.07, 6.45) is 10.6. The molecule has 2 aromatic heterocycles. The van der Waals surface area contributed by atoms with E-state index in [1.54, 1.807) is 6.26 Å². The fourth-order valence-corrected chi connectivity index (χ4v) is 5.78. The zero-order valence-corrected chi connectivity index (χ0v) is 19.6. The molecule has 0 saturated heterocycles. The van der Waals surface area contributed by atoms with Crippen molar-refractivity contribution in [2.75, 3.05) is 18.1 Å². The normalized spacial score (nSPS) is 22.5. The Hall–Kier alpha value is -1.89. The largest absolute Gasteiger partial charge is 0.463 e. The second-order valence-electron chi connectivity index (χ2n) is 9.14. The number of hydrogen-bond donors (Lipinski definition) is 1. The zero-order chi connectivity index (χ0) is 21.8. The van der Waals surface area contributed by atoms with Crippen molar-refractivity contribution in [2.45, 2.75) is 83.3 Å². The first-order valence-corrected chi connectivity index (χ1v) is 13.0. The number of thioether (sulfide) groups is 1. The summed E-state index contributed by atoms with van der Waals surface area (Å²) < 4.78 is 7.52. The molecule has 7 heteroatoms. The molecule has 0 spiro atoms. The monoisotopic (exact) mass is 445 g/mol. The highest BCUT2D eigenvalue weighted by molar-refractivity contribution is 7.99. The number of nitrogens with zero attached hydrogens (tertiary/aromatic N) is 2. The summed E-state index contributed by atoms with van der Waals surface area (Å²) in [5, 5.41) is 3.32. The van der Waals surface area contributed by atoms with E-state index in [9.17, 15) is 9.59 Å². The van der Waals surface area contributed by atoms with E-state index in [-0.39, 0.29) is 17.9 Å². The minimum atomic E-state index is -0.908. The molecule has 2 aromatic rings. The molecule has 3 heterocycles. The molecule has 0 unspecified atom stereocenters. The standard InChI is InChI=1S/C24H35N3O3S/c1-3-14-31-15-8-12-27-22(28)20-16-21-19(11-13-30-21)26(20)17-24(27,2)23(29)25-18-9-6-4-5-7-10-18/h11,13,16,18H,3-10,12,14-15,17H2,1-2H3,(H,25,29)/t24-/m1/s1. The lowest BCUT2D eigenvalue weighted by molar-refractivity contribution is -0.133. The first kappa shape index (κ1) is 22.3. The van der Waals surface area contributed by atoms with Crippen molar-refractivity contribution in [1.82, 2.24) is 14.8 Å². The number of hydrogen-bond acceptors (Lipinski definition) is 4. The van der Waals surface area contributed by atoms with Crippen molar-refractivity contribution < 1.29 is 14.0 Å². The highest BCUT2D eigenvalue weighted by Crippen LogP contribution is 2.33. The van der Waals surface area contributed by atoms with Crippen LogP contribution in [0.2, 0.25) is 0 Å². The number of amides is 2. The summed E-state index contributed by atoms with van der Waals surface area (Å²) in [6.45, 7) is 5.17. The van der Waals surface area contributed by atoms with E-state index < -0.39 is 5.54 Å². The molecule has 0 bridgehead atoms. The molecule has 1 atom stereocenters. The van der Waals surface area contributed by atoms with Gasteiger partial charge in [-0.15, -0.1) is 0 Å². The van der Waals surface area contributed by atoms with Crippen LogP contribution in [0.5, 0.6) is 0 Å². The van der Waals surface area contributed by atoms with Gasteiger partial charge < -0.3 is 19.2 Å². The van der Waals surface area contributed by atoms with Gasteiger partial charge in [0.25, 0.3) is 5.91 Å². The quantitative estimate of drug-likeness (QED) is 0.467. The fraction of sp³-hybridized carbons (Fsp3) is 0.667.